The van der Waals surface area contributed by atoms with Crippen LogP contribution in [0.2, 0.25) is 0 Å². The van der Waals surface area contributed by atoms with Gasteiger partial charge in [-0.1, -0.05) is 24.1 Å². The first-order valence-electron chi connectivity index (χ1n) is 7.42. The van der Waals surface area contributed by atoms with Gasteiger partial charge in [-0.05, 0) is 53.0 Å². The van der Waals surface area contributed by atoms with Crippen LogP contribution in [0.1, 0.15) is 15.9 Å². The van der Waals surface area contributed by atoms with E-state index in [2.05, 4.69) is 0 Å². The molecule has 0 radical (unpaired) electrons. The van der Waals surface area contributed by atoms with E-state index >= 15 is 0 Å². The molecule has 0 spiro atoms. The van der Waals surface area contributed by atoms with Crippen molar-refractivity contribution in [2.24, 2.45) is 0 Å². The SMILES string of the molecule is CSN(C)c1ccccc1C(=O)N1CCc2cc(S(=O)Cl)ccc21. The third-order valence-electron chi connectivity index (χ3n) is 4.12. The number of nitrogens with zero attached hydrogens (tertiary/aromatic N) is 2. The van der Waals surface area contributed by atoms with Crippen molar-refractivity contribution in [3.05, 3.63) is 53.6 Å². The van der Waals surface area contributed by atoms with Crippen molar-refractivity contribution in [3.63, 3.8) is 0 Å². The first-order valence-corrected chi connectivity index (χ1v) is 10.6. The normalized spacial score (nSPS) is 14.4. The van der Waals surface area contributed by atoms with Crippen LogP contribution in [0.15, 0.2) is 47.4 Å². The van der Waals surface area contributed by atoms with E-state index < -0.39 is 10.0 Å². The van der Waals surface area contributed by atoms with E-state index in [1.807, 2.05) is 54.0 Å². The monoisotopic (exact) mass is 380 g/mol. The summed E-state index contributed by atoms with van der Waals surface area (Å²) in [6.07, 6.45) is 2.71. The molecule has 1 aliphatic heterocycles. The number of carbonyl (C=O) groups is 1. The summed E-state index contributed by atoms with van der Waals surface area (Å²) in [5.74, 6) is -0.0232. The molecule has 0 saturated carbocycles. The molecule has 0 bridgehead atoms. The number of benzene rings is 2. The highest BCUT2D eigenvalue weighted by molar-refractivity contribution is 8.08. The third-order valence-corrected chi connectivity index (χ3v) is 6.03. The number of fused-ring (bicyclic) bond motifs is 1. The lowest BCUT2D eigenvalue weighted by atomic mass is 10.1. The molecule has 0 aromatic heterocycles. The zero-order valence-electron chi connectivity index (χ0n) is 13.4. The molecule has 2 aromatic rings. The van der Waals surface area contributed by atoms with Crippen molar-refractivity contribution in [3.8, 4) is 0 Å². The maximum absolute atomic E-state index is 13.1. The van der Waals surface area contributed by atoms with E-state index in [1.165, 1.54) is 0 Å². The summed E-state index contributed by atoms with van der Waals surface area (Å²) in [7, 11) is 6.07. The van der Waals surface area contributed by atoms with Crippen molar-refractivity contribution in [2.45, 2.75) is 11.3 Å². The molecule has 24 heavy (non-hydrogen) atoms. The van der Waals surface area contributed by atoms with Crippen molar-refractivity contribution < 1.29 is 9.00 Å². The lowest BCUT2D eigenvalue weighted by Gasteiger charge is -2.23. The summed E-state index contributed by atoms with van der Waals surface area (Å²) >= 11 is 1.56. The summed E-state index contributed by atoms with van der Waals surface area (Å²) in [5, 5.41) is 0. The Hall–Kier alpha value is -1.50. The zero-order valence-corrected chi connectivity index (χ0v) is 15.7. The van der Waals surface area contributed by atoms with Gasteiger partial charge in [-0.25, -0.2) is 4.21 Å². The highest BCUT2D eigenvalue weighted by atomic mass is 35.7. The predicted molar refractivity (Wildman–Crippen MR) is 102 cm³/mol. The lowest BCUT2D eigenvalue weighted by Crippen LogP contribution is -2.30. The average molecular weight is 381 g/mol. The molecule has 1 atom stereocenters. The van der Waals surface area contributed by atoms with Gasteiger partial charge in [0.2, 0.25) is 0 Å². The first kappa shape index (κ1) is 17.3. The summed E-state index contributed by atoms with van der Waals surface area (Å²) in [6.45, 7) is 0.615. The molecule has 4 nitrogen and oxygen atoms in total. The quantitative estimate of drug-likeness (QED) is 0.596. The van der Waals surface area contributed by atoms with Gasteiger partial charge < -0.3 is 9.21 Å². The Morgan fingerprint density at radius 3 is 2.75 bits per heavy atom. The predicted octanol–water partition coefficient (Wildman–Crippen LogP) is 3.87. The van der Waals surface area contributed by atoms with Crippen LogP contribution in [0.5, 0.6) is 0 Å². The maximum atomic E-state index is 13.1. The molecule has 0 N–H and O–H groups in total. The topological polar surface area (TPSA) is 40.6 Å². The number of amides is 1. The van der Waals surface area contributed by atoms with Crippen LogP contribution in [0.3, 0.4) is 0 Å². The fraction of sp³-hybridized carbons (Fsp3) is 0.235. The number of anilines is 2. The molecular weight excluding hydrogens is 364 g/mol. The van der Waals surface area contributed by atoms with Crippen LogP contribution in [-0.2, 0) is 16.4 Å². The minimum Gasteiger partial charge on any atom is -0.319 e. The van der Waals surface area contributed by atoms with Crippen molar-refractivity contribution >= 4 is 49.9 Å². The summed E-state index contributed by atoms with van der Waals surface area (Å²) in [5.41, 5.74) is 3.44. The minimum atomic E-state index is -1.53. The van der Waals surface area contributed by atoms with Crippen molar-refractivity contribution in [2.75, 3.05) is 29.1 Å². The second-order valence-corrected chi connectivity index (χ2v) is 8.09. The molecule has 7 heteroatoms. The number of para-hydroxylation sites is 1. The molecular formula is C17H17ClN2O2S2. The molecule has 3 rings (SSSR count). The standard InChI is InChI=1S/C17H17ClN2O2S2/c1-19(23-2)16-6-4-3-5-14(16)17(21)20-10-9-12-11-13(24(18)22)7-8-15(12)20/h3-8,11H,9-10H2,1-2H3. The minimum absolute atomic E-state index is 0.0232. The Bertz CT molecular complexity index is 813. The largest absolute Gasteiger partial charge is 0.319 e. The maximum Gasteiger partial charge on any atom is 0.260 e. The second-order valence-electron chi connectivity index (χ2n) is 5.42. The Kier molecular flexibility index (Phi) is 5.18. The van der Waals surface area contributed by atoms with Gasteiger partial charge in [0.25, 0.3) is 5.91 Å². The molecule has 1 amide bonds. The average Bonchev–Trinajstić information content (AvgIpc) is 3.03. The number of halogens is 1. The Morgan fingerprint density at radius 1 is 1.29 bits per heavy atom. The molecule has 1 heterocycles. The highest BCUT2D eigenvalue weighted by Crippen LogP contribution is 2.33. The number of hydrogen-bond donors (Lipinski definition) is 0. The van der Waals surface area contributed by atoms with Crippen molar-refractivity contribution in [1.29, 1.82) is 0 Å². The highest BCUT2D eigenvalue weighted by Gasteiger charge is 2.28. The van der Waals surface area contributed by atoms with E-state index in [-0.39, 0.29) is 5.91 Å². The van der Waals surface area contributed by atoms with E-state index in [4.69, 9.17) is 10.7 Å². The Labute approximate surface area is 152 Å². The van der Waals surface area contributed by atoms with Crippen molar-refractivity contribution in [1.82, 2.24) is 0 Å². The second kappa shape index (κ2) is 7.17. The molecule has 1 unspecified atom stereocenters. The van der Waals surface area contributed by atoms with E-state index in [0.29, 0.717) is 17.0 Å². The number of rotatable bonds is 4. The number of hydrogen-bond acceptors (Lipinski definition) is 4. The Morgan fingerprint density at radius 2 is 2.04 bits per heavy atom. The van der Waals surface area contributed by atoms with E-state index in [0.717, 1.165) is 23.4 Å². The van der Waals surface area contributed by atoms with Gasteiger partial charge in [0.05, 0.1) is 16.1 Å². The van der Waals surface area contributed by atoms with Gasteiger partial charge >= 0.3 is 0 Å². The van der Waals surface area contributed by atoms with Crippen LogP contribution < -0.4 is 9.21 Å². The smallest absolute Gasteiger partial charge is 0.260 e. The third kappa shape index (κ3) is 3.18. The molecule has 126 valence electrons. The summed E-state index contributed by atoms with van der Waals surface area (Å²) in [6, 6.07) is 13.0. The fourth-order valence-electron chi connectivity index (χ4n) is 2.86. The van der Waals surface area contributed by atoms with Gasteiger partial charge in [-0.15, -0.1) is 0 Å². The van der Waals surface area contributed by atoms with Gasteiger partial charge in [-0.3, -0.25) is 4.79 Å². The number of carbonyl (C=O) groups excluding carboxylic acids is 1. The summed E-state index contributed by atoms with van der Waals surface area (Å²) in [4.78, 5) is 15.4. The zero-order chi connectivity index (χ0) is 17.3. The van der Waals surface area contributed by atoms with E-state index in [9.17, 15) is 9.00 Å². The summed E-state index contributed by atoms with van der Waals surface area (Å²) < 4.78 is 13.4. The fourth-order valence-corrected chi connectivity index (χ4v) is 3.92. The lowest BCUT2D eigenvalue weighted by molar-refractivity contribution is 0.0990. The van der Waals surface area contributed by atoms with Crippen LogP contribution in [0.4, 0.5) is 11.4 Å². The molecule has 1 aliphatic rings. The van der Waals surface area contributed by atoms with Crippen LogP contribution in [0, 0.1) is 0 Å². The molecule has 0 saturated heterocycles. The molecule has 2 aromatic carbocycles. The molecule has 0 aliphatic carbocycles. The Balaban J connectivity index is 1.96. The molecule has 0 fully saturated rings. The van der Waals surface area contributed by atoms with Crippen LogP contribution in [0.25, 0.3) is 0 Å². The van der Waals surface area contributed by atoms with Gasteiger partial charge in [0.1, 0.15) is 10.0 Å². The van der Waals surface area contributed by atoms with Gasteiger partial charge in [-0.2, -0.15) is 0 Å². The first-order chi connectivity index (χ1) is 11.5. The van der Waals surface area contributed by atoms with Crippen LogP contribution in [-0.4, -0.2) is 30.0 Å². The van der Waals surface area contributed by atoms with Crippen LogP contribution >= 0.6 is 22.6 Å². The van der Waals surface area contributed by atoms with Gasteiger partial charge in [0, 0.05) is 25.5 Å². The van der Waals surface area contributed by atoms with E-state index in [1.54, 1.807) is 22.9 Å². The van der Waals surface area contributed by atoms with Gasteiger partial charge in [0.15, 0.2) is 0 Å².